The Hall–Kier alpha value is -2.29. The van der Waals surface area contributed by atoms with Gasteiger partial charge in [-0.05, 0) is 61.1 Å². The molecule has 1 aromatic heterocycles. The number of benzene rings is 2. The van der Waals surface area contributed by atoms with E-state index in [1.54, 1.807) is 35.4 Å². The minimum Gasteiger partial charge on any atom is -0.339 e. The van der Waals surface area contributed by atoms with E-state index in [0.717, 1.165) is 46.5 Å². The van der Waals surface area contributed by atoms with Crippen LogP contribution in [0.4, 0.5) is 0 Å². The van der Waals surface area contributed by atoms with Crippen LogP contribution >= 0.6 is 11.3 Å². The maximum atomic E-state index is 12.6. The van der Waals surface area contributed by atoms with E-state index in [-0.39, 0.29) is 23.8 Å². The third-order valence-corrected chi connectivity index (χ3v) is 7.88. The Morgan fingerprint density at radius 2 is 1.90 bits per heavy atom. The molecule has 0 unspecified atom stereocenters. The maximum Gasteiger partial charge on any atom is 0.240 e. The third-order valence-electron chi connectivity index (χ3n) is 5.40. The molecule has 3 aromatic rings. The van der Waals surface area contributed by atoms with E-state index >= 15 is 0 Å². The molecule has 0 fully saturated rings. The zero-order valence-electron chi connectivity index (χ0n) is 16.9. The molecule has 0 bridgehead atoms. The first-order valence-electron chi connectivity index (χ1n) is 10.1. The number of aryl methyl sites for hydroxylation is 2. The molecular weight excluding hydrogens is 418 g/mol. The number of fused-ring (bicyclic) bond motifs is 2. The summed E-state index contributed by atoms with van der Waals surface area (Å²) in [6.45, 7) is 0.484. The highest BCUT2D eigenvalue weighted by atomic mass is 32.2. The van der Waals surface area contributed by atoms with Crippen LogP contribution in [0.25, 0.3) is 10.2 Å². The van der Waals surface area contributed by atoms with Crippen molar-refractivity contribution in [2.45, 2.75) is 43.5 Å². The summed E-state index contributed by atoms with van der Waals surface area (Å²) in [5.41, 5.74) is 3.29. The van der Waals surface area contributed by atoms with Gasteiger partial charge in [0.25, 0.3) is 0 Å². The highest BCUT2D eigenvalue weighted by Crippen LogP contribution is 2.24. The molecule has 4 rings (SSSR count). The Morgan fingerprint density at radius 1 is 1.13 bits per heavy atom. The van der Waals surface area contributed by atoms with Gasteiger partial charge in [-0.1, -0.05) is 18.2 Å². The predicted molar refractivity (Wildman–Crippen MR) is 119 cm³/mol. The average Bonchev–Trinajstić information content (AvgIpc) is 3.15. The summed E-state index contributed by atoms with van der Waals surface area (Å²) in [6.07, 6.45) is 4.29. The molecule has 8 heteroatoms. The Kier molecular flexibility index (Phi) is 6.17. The molecule has 0 atom stereocenters. The minimum absolute atomic E-state index is 0.0719. The fraction of sp³-hybridized carbons (Fsp3) is 0.364. The number of thiazole rings is 1. The Bertz CT molecular complexity index is 1140. The second-order valence-corrected chi connectivity index (χ2v) is 10.5. The molecular formula is C22H25N3O3S2. The molecule has 1 amide bonds. The lowest BCUT2D eigenvalue weighted by molar-refractivity contribution is -0.130. The van der Waals surface area contributed by atoms with E-state index in [0.29, 0.717) is 6.54 Å². The number of para-hydroxylation sites is 1. The van der Waals surface area contributed by atoms with Gasteiger partial charge in [0, 0.05) is 20.0 Å². The number of carbonyl (C=O) groups is 1. The van der Waals surface area contributed by atoms with Gasteiger partial charge in [0.15, 0.2) is 0 Å². The lowest BCUT2D eigenvalue weighted by Gasteiger charge is -2.17. The number of aromatic nitrogens is 1. The fourth-order valence-corrected chi connectivity index (χ4v) is 5.83. The van der Waals surface area contributed by atoms with Crippen LogP contribution in [0.2, 0.25) is 0 Å². The first kappa shape index (κ1) is 21.0. The van der Waals surface area contributed by atoms with Gasteiger partial charge in [0.2, 0.25) is 15.9 Å². The second-order valence-electron chi connectivity index (χ2n) is 7.61. The van der Waals surface area contributed by atoms with E-state index in [1.165, 1.54) is 5.56 Å². The molecule has 0 saturated heterocycles. The first-order valence-corrected chi connectivity index (χ1v) is 12.4. The molecule has 30 heavy (non-hydrogen) atoms. The van der Waals surface area contributed by atoms with Crippen molar-refractivity contribution in [2.24, 2.45) is 0 Å². The predicted octanol–water partition coefficient (Wildman–Crippen LogP) is 3.50. The average molecular weight is 444 g/mol. The molecule has 6 nitrogen and oxygen atoms in total. The van der Waals surface area contributed by atoms with Crippen molar-refractivity contribution in [3.8, 4) is 0 Å². The zero-order chi connectivity index (χ0) is 21.1. The number of hydrogen-bond donors (Lipinski definition) is 1. The topological polar surface area (TPSA) is 79.4 Å². The van der Waals surface area contributed by atoms with Crippen LogP contribution in [0.1, 0.15) is 35.4 Å². The lowest BCUT2D eigenvalue weighted by atomic mass is 9.92. The van der Waals surface area contributed by atoms with Crippen molar-refractivity contribution in [3.63, 3.8) is 0 Å². The monoisotopic (exact) mass is 443 g/mol. The normalized spacial score (nSPS) is 13.9. The summed E-state index contributed by atoms with van der Waals surface area (Å²) in [7, 11) is -1.91. The fourth-order valence-electron chi connectivity index (χ4n) is 3.72. The number of nitrogens with zero attached hydrogens (tertiary/aromatic N) is 2. The molecule has 158 valence electrons. The van der Waals surface area contributed by atoms with Crippen LogP contribution in [0, 0.1) is 0 Å². The summed E-state index contributed by atoms with van der Waals surface area (Å²) in [5.74, 6) is -0.123. The second kappa shape index (κ2) is 8.83. The van der Waals surface area contributed by atoms with Crippen molar-refractivity contribution < 1.29 is 13.2 Å². The summed E-state index contributed by atoms with van der Waals surface area (Å²) in [5, 5.41) is 0.863. The third kappa shape index (κ3) is 4.71. The highest BCUT2D eigenvalue weighted by Gasteiger charge is 2.19. The molecule has 1 heterocycles. The summed E-state index contributed by atoms with van der Waals surface area (Å²) in [4.78, 5) is 18.9. The van der Waals surface area contributed by atoms with Crippen molar-refractivity contribution in [1.29, 1.82) is 0 Å². The molecule has 1 N–H and O–H groups in total. The summed E-state index contributed by atoms with van der Waals surface area (Å²) in [6, 6.07) is 13.2. The number of nitrogens with one attached hydrogen (secondary N) is 1. The van der Waals surface area contributed by atoms with Gasteiger partial charge in [0.05, 0.1) is 21.7 Å². The molecule has 2 aromatic carbocycles. The van der Waals surface area contributed by atoms with Gasteiger partial charge in [-0.25, -0.2) is 18.1 Å². The molecule has 1 aliphatic rings. The van der Waals surface area contributed by atoms with Crippen molar-refractivity contribution in [1.82, 2.24) is 14.6 Å². The SMILES string of the molecule is CN(Cc1nc2ccccc2s1)C(=O)CCNS(=O)(=O)c1ccc2c(c1)CCCC2. The van der Waals surface area contributed by atoms with E-state index in [4.69, 9.17) is 0 Å². The van der Waals surface area contributed by atoms with Gasteiger partial charge in [-0.2, -0.15) is 0 Å². The minimum atomic E-state index is -3.62. The van der Waals surface area contributed by atoms with Crippen LogP contribution in [0.5, 0.6) is 0 Å². The van der Waals surface area contributed by atoms with Crippen molar-refractivity contribution in [3.05, 3.63) is 58.6 Å². The quantitative estimate of drug-likeness (QED) is 0.606. The Labute approximate surface area is 181 Å². The van der Waals surface area contributed by atoms with Crippen LogP contribution in [-0.4, -0.2) is 37.8 Å². The summed E-state index contributed by atoms with van der Waals surface area (Å²) >= 11 is 1.56. The van der Waals surface area contributed by atoms with Crippen LogP contribution in [0.15, 0.2) is 47.4 Å². The van der Waals surface area contributed by atoms with Gasteiger partial charge >= 0.3 is 0 Å². The molecule has 0 radical (unpaired) electrons. The number of carbonyl (C=O) groups excluding carboxylic acids is 1. The van der Waals surface area contributed by atoms with Gasteiger partial charge in [-0.3, -0.25) is 4.79 Å². The van der Waals surface area contributed by atoms with E-state index in [1.807, 2.05) is 30.3 Å². The zero-order valence-corrected chi connectivity index (χ0v) is 18.6. The highest BCUT2D eigenvalue weighted by molar-refractivity contribution is 7.89. The Balaban J connectivity index is 1.32. The lowest BCUT2D eigenvalue weighted by Crippen LogP contribution is -2.32. The Morgan fingerprint density at radius 3 is 2.70 bits per heavy atom. The van der Waals surface area contributed by atoms with Crippen LogP contribution in [-0.2, 0) is 34.2 Å². The smallest absolute Gasteiger partial charge is 0.240 e. The first-order chi connectivity index (χ1) is 14.4. The van der Waals surface area contributed by atoms with Gasteiger partial charge < -0.3 is 4.90 Å². The molecule has 0 spiro atoms. The standard InChI is InChI=1S/C22H25N3O3S2/c1-25(15-21-24-19-8-4-5-9-20(19)29-21)22(26)12-13-23-30(27,28)18-11-10-16-6-2-3-7-17(16)14-18/h4-5,8-11,14,23H,2-3,6-7,12-13,15H2,1H3. The maximum absolute atomic E-state index is 12.6. The molecule has 0 saturated carbocycles. The molecule has 0 aliphatic heterocycles. The van der Waals surface area contributed by atoms with E-state index < -0.39 is 10.0 Å². The van der Waals surface area contributed by atoms with Crippen LogP contribution < -0.4 is 4.72 Å². The number of amides is 1. The number of hydrogen-bond acceptors (Lipinski definition) is 5. The molecule has 1 aliphatic carbocycles. The number of sulfonamides is 1. The van der Waals surface area contributed by atoms with Crippen LogP contribution in [0.3, 0.4) is 0 Å². The summed E-state index contributed by atoms with van der Waals surface area (Å²) < 4.78 is 28.9. The largest absolute Gasteiger partial charge is 0.339 e. The van der Waals surface area contributed by atoms with E-state index in [2.05, 4.69) is 9.71 Å². The van der Waals surface area contributed by atoms with E-state index in [9.17, 15) is 13.2 Å². The van der Waals surface area contributed by atoms with Gasteiger partial charge in [0.1, 0.15) is 5.01 Å². The van der Waals surface area contributed by atoms with Gasteiger partial charge in [-0.15, -0.1) is 11.3 Å². The van der Waals surface area contributed by atoms with Crippen molar-refractivity contribution in [2.75, 3.05) is 13.6 Å². The number of rotatable bonds is 7. The van der Waals surface area contributed by atoms with Crippen molar-refractivity contribution >= 4 is 37.5 Å².